The van der Waals surface area contributed by atoms with Gasteiger partial charge in [0.05, 0.1) is 12.1 Å². The largest absolute Gasteiger partial charge is 0.380 e. The minimum Gasteiger partial charge on any atom is -0.380 e. The summed E-state index contributed by atoms with van der Waals surface area (Å²) >= 11 is 6.08. The maximum atomic E-state index is 12.7. The maximum Gasteiger partial charge on any atom is 0.244 e. The van der Waals surface area contributed by atoms with Crippen molar-refractivity contribution in [2.75, 3.05) is 19.8 Å². The molecule has 0 aromatic heterocycles. The minimum absolute atomic E-state index is 0.120. The molecule has 116 valence electrons. The number of benzene rings is 1. The quantitative estimate of drug-likeness (QED) is 0.821. The molecule has 1 fully saturated rings. The first-order valence-corrected chi connectivity index (χ1v) is 7.81. The fraction of sp³-hybridized carbons (Fsp3) is 0.562. The Bertz CT molecular complexity index is 509. The van der Waals surface area contributed by atoms with Crippen LogP contribution in [0.25, 0.3) is 0 Å². The first-order valence-electron chi connectivity index (χ1n) is 7.43. The average Bonchev–Trinajstić information content (AvgIpc) is 2.73. The van der Waals surface area contributed by atoms with Gasteiger partial charge in [0, 0.05) is 18.2 Å². The van der Waals surface area contributed by atoms with E-state index in [1.807, 2.05) is 49.9 Å². The van der Waals surface area contributed by atoms with Gasteiger partial charge in [0.15, 0.2) is 0 Å². The topological polar surface area (TPSA) is 41.6 Å². The summed E-state index contributed by atoms with van der Waals surface area (Å²) in [6.45, 7) is 7.70. The van der Waals surface area contributed by atoms with Gasteiger partial charge in [-0.25, -0.2) is 0 Å². The Kier molecular flexibility index (Phi) is 5.25. The van der Waals surface area contributed by atoms with Gasteiger partial charge in [-0.2, -0.15) is 0 Å². The Balaban J connectivity index is 2.25. The number of carbonyl (C=O) groups is 1. The third kappa shape index (κ3) is 3.39. The third-order valence-corrected chi connectivity index (χ3v) is 4.29. The Morgan fingerprint density at radius 3 is 2.81 bits per heavy atom. The lowest BCUT2D eigenvalue weighted by atomic mass is 9.99. The molecule has 21 heavy (non-hydrogen) atoms. The predicted octanol–water partition coefficient (Wildman–Crippen LogP) is 2.98. The zero-order valence-corrected chi connectivity index (χ0v) is 13.6. The molecule has 1 aromatic rings. The molecule has 2 unspecified atom stereocenters. The van der Waals surface area contributed by atoms with Crippen LogP contribution in [0.2, 0.25) is 5.02 Å². The van der Waals surface area contributed by atoms with Crippen LogP contribution < -0.4 is 5.32 Å². The van der Waals surface area contributed by atoms with E-state index in [9.17, 15) is 4.79 Å². The van der Waals surface area contributed by atoms with E-state index in [1.165, 1.54) is 0 Å². The molecule has 0 spiro atoms. The molecule has 1 heterocycles. The van der Waals surface area contributed by atoms with Gasteiger partial charge >= 0.3 is 0 Å². The van der Waals surface area contributed by atoms with Gasteiger partial charge in [-0.3, -0.25) is 10.1 Å². The number of carbonyl (C=O) groups excluding carboxylic acids is 1. The molecule has 1 aliphatic heterocycles. The Labute approximate surface area is 131 Å². The summed E-state index contributed by atoms with van der Waals surface area (Å²) in [5.41, 5.74) is 0.476. The van der Waals surface area contributed by atoms with Crippen molar-refractivity contribution in [2.45, 2.75) is 38.9 Å². The number of nitrogens with one attached hydrogen (secondary N) is 1. The van der Waals surface area contributed by atoms with Crippen molar-refractivity contribution in [1.82, 2.24) is 10.2 Å². The zero-order valence-electron chi connectivity index (χ0n) is 12.9. The minimum atomic E-state index is -0.529. The lowest BCUT2D eigenvalue weighted by molar-refractivity contribution is -0.133. The van der Waals surface area contributed by atoms with E-state index in [1.54, 1.807) is 0 Å². The van der Waals surface area contributed by atoms with Crippen molar-refractivity contribution in [3.8, 4) is 0 Å². The van der Waals surface area contributed by atoms with Crippen LogP contribution in [0.1, 0.15) is 38.9 Å². The second-order valence-electron chi connectivity index (χ2n) is 5.48. The molecule has 1 saturated heterocycles. The summed E-state index contributed by atoms with van der Waals surface area (Å²) in [7, 11) is 0. The van der Waals surface area contributed by atoms with Gasteiger partial charge < -0.3 is 9.64 Å². The highest BCUT2D eigenvalue weighted by Crippen LogP contribution is 2.33. The van der Waals surface area contributed by atoms with E-state index in [0.29, 0.717) is 24.8 Å². The fourth-order valence-corrected chi connectivity index (χ4v) is 2.81. The van der Waals surface area contributed by atoms with E-state index < -0.39 is 5.54 Å². The highest BCUT2D eigenvalue weighted by atomic mass is 35.5. The molecule has 1 aliphatic rings. The van der Waals surface area contributed by atoms with Crippen LogP contribution in [-0.2, 0) is 9.53 Å². The highest BCUT2D eigenvalue weighted by Gasteiger charge is 2.46. The highest BCUT2D eigenvalue weighted by molar-refractivity contribution is 6.30. The number of hydrogen-bond donors (Lipinski definition) is 1. The number of halogens is 1. The molecule has 2 rings (SSSR count). The molecule has 1 aromatic carbocycles. The molecular weight excluding hydrogens is 288 g/mol. The summed E-state index contributed by atoms with van der Waals surface area (Å²) in [5, 5.41) is 4.13. The summed E-state index contributed by atoms with van der Waals surface area (Å²) in [6.07, 6.45) is 0.593. The summed E-state index contributed by atoms with van der Waals surface area (Å²) < 4.78 is 5.41. The van der Waals surface area contributed by atoms with Crippen LogP contribution in [0.5, 0.6) is 0 Å². The number of rotatable bonds is 6. The van der Waals surface area contributed by atoms with Crippen molar-refractivity contribution in [3.05, 3.63) is 34.9 Å². The van der Waals surface area contributed by atoms with Gasteiger partial charge in [-0.1, -0.05) is 30.7 Å². The Morgan fingerprint density at radius 2 is 2.19 bits per heavy atom. The van der Waals surface area contributed by atoms with Gasteiger partial charge in [0.2, 0.25) is 5.91 Å². The maximum absolute atomic E-state index is 12.7. The first-order chi connectivity index (χ1) is 10.0. The number of nitrogens with zero attached hydrogens (tertiary/aromatic N) is 1. The van der Waals surface area contributed by atoms with Gasteiger partial charge in [0.1, 0.15) is 6.17 Å². The molecule has 5 heteroatoms. The molecule has 0 saturated carbocycles. The molecular formula is C16H23ClN2O2. The Hall–Kier alpha value is -1.10. The Morgan fingerprint density at radius 1 is 1.43 bits per heavy atom. The van der Waals surface area contributed by atoms with Crippen molar-refractivity contribution in [3.63, 3.8) is 0 Å². The van der Waals surface area contributed by atoms with Gasteiger partial charge in [0.25, 0.3) is 0 Å². The van der Waals surface area contributed by atoms with Gasteiger partial charge in [-0.15, -0.1) is 0 Å². The monoisotopic (exact) mass is 310 g/mol. The zero-order chi connectivity index (χ0) is 15.5. The van der Waals surface area contributed by atoms with E-state index in [0.717, 1.165) is 12.0 Å². The normalized spacial score (nSPS) is 25.6. The predicted molar refractivity (Wildman–Crippen MR) is 84.2 cm³/mol. The molecule has 2 atom stereocenters. The molecule has 4 nitrogen and oxygen atoms in total. The smallest absolute Gasteiger partial charge is 0.244 e. The van der Waals surface area contributed by atoms with E-state index >= 15 is 0 Å². The van der Waals surface area contributed by atoms with E-state index in [4.69, 9.17) is 16.3 Å². The van der Waals surface area contributed by atoms with E-state index in [2.05, 4.69) is 5.32 Å². The van der Waals surface area contributed by atoms with Crippen LogP contribution >= 0.6 is 11.6 Å². The number of hydrogen-bond acceptors (Lipinski definition) is 3. The van der Waals surface area contributed by atoms with E-state index in [-0.39, 0.29) is 12.1 Å². The van der Waals surface area contributed by atoms with Crippen molar-refractivity contribution in [2.24, 2.45) is 0 Å². The molecule has 1 N–H and O–H groups in total. The lowest BCUT2D eigenvalue weighted by Gasteiger charge is -2.24. The molecule has 0 bridgehead atoms. The van der Waals surface area contributed by atoms with Crippen molar-refractivity contribution in [1.29, 1.82) is 0 Å². The van der Waals surface area contributed by atoms with Crippen LogP contribution in [0.3, 0.4) is 0 Å². The van der Waals surface area contributed by atoms with Crippen molar-refractivity contribution < 1.29 is 9.53 Å². The summed E-state index contributed by atoms with van der Waals surface area (Å²) in [4.78, 5) is 14.5. The van der Waals surface area contributed by atoms with Gasteiger partial charge in [-0.05, 0) is 38.0 Å². The fourth-order valence-electron chi connectivity index (χ4n) is 2.61. The standard InChI is InChI=1S/C16H23ClN2O2/c1-4-16(3)15(20)19(9-10-21-5-2)14(18-16)12-7-6-8-13(17)11-12/h6-8,11,14,18H,4-5,9-10H2,1-3H3. The number of ether oxygens (including phenoxy) is 1. The van der Waals surface area contributed by atoms with Crippen LogP contribution in [0, 0.1) is 0 Å². The molecule has 0 aliphatic carbocycles. The summed E-state index contributed by atoms with van der Waals surface area (Å²) in [5.74, 6) is 0.120. The average molecular weight is 311 g/mol. The first kappa shape index (κ1) is 16.3. The van der Waals surface area contributed by atoms with Crippen LogP contribution in [-0.4, -0.2) is 36.1 Å². The third-order valence-electron chi connectivity index (χ3n) is 4.05. The lowest BCUT2D eigenvalue weighted by Crippen LogP contribution is -2.43. The second-order valence-corrected chi connectivity index (χ2v) is 5.92. The molecule has 1 amide bonds. The van der Waals surface area contributed by atoms with Crippen LogP contribution in [0.15, 0.2) is 24.3 Å². The number of amides is 1. The summed E-state index contributed by atoms with van der Waals surface area (Å²) in [6, 6.07) is 7.64. The van der Waals surface area contributed by atoms with Crippen LogP contribution in [0.4, 0.5) is 0 Å². The van der Waals surface area contributed by atoms with Crippen molar-refractivity contribution >= 4 is 17.5 Å². The SMILES string of the molecule is CCOCCN1C(=O)C(C)(CC)NC1c1cccc(Cl)c1. The molecule has 0 radical (unpaired) electrons. The second kappa shape index (κ2) is 6.77.